The molecule has 3 aliphatic heterocycles. The molecule has 134 valence electrons. The lowest BCUT2D eigenvalue weighted by Gasteiger charge is -2.36. The van der Waals surface area contributed by atoms with Crippen LogP contribution in [0.3, 0.4) is 0 Å². The molecule has 2 bridgehead atoms. The van der Waals surface area contributed by atoms with Crippen LogP contribution in [0.1, 0.15) is 37.7 Å². The molecule has 4 nitrogen and oxygen atoms in total. The van der Waals surface area contributed by atoms with Crippen molar-refractivity contribution in [2.24, 2.45) is 11.8 Å². The Morgan fingerprint density at radius 2 is 1.92 bits per heavy atom. The molecule has 25 heavy (non-hydrogen) atoms. The van der Waals surface area contributed by atoms with E-state index in [0.717, 1.165) is 44.3 Å². The lowest BCUT2D eigenvalue weighted by Crippen LogP contribution is -2.48. The van der Waals surface area contributed by atoms with Crippen molar-refractivity contribution < 1.29 is 9.59 Å². The van der Waals surface area contributed by atoms with E-state index in [0.29, 0.717) is 29.8 Å². The van der Waals surface area contributed by atoms with Gasteiger partial charge in [-0.05, 0) is 49.3 Å². The van der Waals surface area contributed by atoms with E-state index in [1.54, 1.807) is 0 Å². The maximum atomic E-state index is 12.9. The van der Waals surface area contributed by atoms with Gasteiger partial charge in [-0.15, -0.1) is 0 Å². The molecule has 5 heteroatoms. The summed E-state index contributed by atoms with van der Waals surface area (Å²) in [6, 6.07) is 7.70. The second kappa shape index (κ2) is 6.99. The molecule has 0 aromatic heterocycles. The number of carbonyl (C=O) groups excluding carboxylic acids is 2. The predicted molar refractivity (Wildman–Crippen MR) is 97.3 cm³/mol. The third-order valence-corrected chi connectivity index (χ3v) is 6.28. The highest BCUT2D eigenvalue weighted by molar-refractivity contribution is 6.30. The van der Waals surface area contributed by atoms with E-state index in [2.05, 4.69) is 4.90 Å². The fourth-order valence-electron chi connectivity index (χ4n) is 4.40. The summed E-state index contributed by atoms with van der Waals surface area (Å²) in [7, 11) is 0. The Balaban J connectivity index is 1.44. The smallest absolute Gasteiger partial charge is 0.227 e. The minimum Gasteiger partial charge on any atom is -0.340 e. The van der Waals surface area contributed by atoms with Crippen molar-refractivity contribution in [1.29, 1.82) is 0 Å². The summed E-state index contributed by atoms with van der Waals surface area (Å²) < 4.78 is 0. The van der Waals surface area contributed by atoms with Gasteiger partial charge in [-0.25, -0.2) is 0 Å². The molecular weight excluding hydrogens is 336 g/mol. The molecule has 0 spiro atoms. The number of halogens is 1. The molecule has 0 unspecified atom stereocenters. The maximum absolute atomic E-state index is 12.9. The maximum Gasteiger partial charge on any atom is 0.227 e. The molecule has 1 saturated carbocycles. The van der Waals surface area contributed by atoms with Gasteiger partial charge in [0.2, 0.25) is 11.8 Å². The van der Waals surface area contributed by atoms with Gasteiger partial charge in [-0.2, -0.15) is 0 Å². The van der Waals surface area contributed by atoms with Crippen molar-refractivity contribution in [3.05, 3.63) is 34.9 Å². The summed E-state index contributed by atoms with van der Waals surface area (Å²) in [6.07, 6.45) is 5.80. The molecule has 3 heterocycles. The van der Waals surface area contributed by atoms with Gasteiger partial charge in [0.1, 0.15) is 0 Å². The molecule has 1 aromatic rings. The first-order chi connectivity index (χ1) is 12.1. The Labute approximate surface area is 154 Å². The molecule has 4 aliphatic rings. The molecule has 1 aliphatic carbocycles. The quantitative estimate of drug-likeness (QED) is 0.830. The number of nitrogens with zero attached hydrogens (tertiary/aromatic N) is 2. The van der Waals surface area contributed by atoms with E-state index in [4.69, 9.17) is 11.6 Å². The summed E-state index contributed by atoms with van der Waals surface area (Å²) >= 11 is 6.04. The SMILES string of the molecule is O=C(C1CCC1)N1C[C@@H]2CC[C@H](C1)N(C(=O)Cc1cccc(Cl)c1)C2. The van der Waals surface area contributed by atoms with E-state index >= 15 is 0 Å². The Morgan fingerprint density at radius 1 is 1.08 bits per heavy atom. The van der Waals surface area contributed by atoms with Crippen molar-refractivity contribution in [2.45, 2.75) is 44.6 Å². The lowest BCUT2D eigenvalue weighted by molar-refractivity contribution is -0.139. The van der Waals surface area contributed by atoms with Gasteiger partial charge in [0, 0.05) is 36.6 Å². The van der Waals surface area contributed by atoms with Crippen LogP contribution >= 0.6 is 11.6 Å². The standard InChI is InChI=1S/C20H25ClN2O2/c21-17-6-1-3-14(9-17)10-19(24)23-12-15-7-8-18(23)13-22(11-15)20(25)16-4-2-5-16/h1,3,6,9,15-16,18H,2,4-5,7-8,10-13H2/t15-,18+/m0/s1. The van der Waals surface area contributed by atoms with Crippen LogP contribution in [0.4, 0.5) is 0 Å². The third-order valence-electron chi connectivity index (χ3n) is 6.04. The first-order valence-electron chi connectivity index (χ1n) is 9.43. The van der Waals surface area contributed by atoms with Crippen molar-refractivity contribution in [2.75, 3.05) is 19.6 Å². The molecule has 2 atom stereocenters. The molecule has 4 fully saturated rings. The van der Waals surface area contributed by atoms with Crippen LogP contribution in [0, 0.1) is 11.8 Å². The van der Waals surface area contributed by atoms with Crippen molar-refractivity contribution in [1.82, 2.24) is 9.80 Å². The van der Waals surface area contributed by atoms with E-state index in [1.165, 1.54) is 6.42 Å². The summed E-state index contributed by atoms with van der Waals surface area (Å²) in [5, 5.41) is 0.667. The molecule has 5 rings (SSSR count). The van der Waals surface area contributed by atoms with Crippen molar-refractivity contribution in [3.8, 4) is 0 Å². The largest absolute Gasteiger partial charge is 0.340 e. The van der Waals surface area contributed by atoms with E-state index in [-0.39, 0.29) is 17.9 Å². The van der Waals surface area contributed by atoms with Crippen LogP contribution in [-0.4, -0.2) is 47.3 Å². The summed E-state index contributed by atoms with van der Waals surface area (Å²) in [6.45, 7) is 2.33. The highest BCUT2D eigenvalue weighted by Gasteiger charge is 2.40. The van der Waals surface area contributed by atoms with Gasteiger partial charge >= 0.3 is 0 Å². The molecule has 0 radical (unpaired) electrons. The van der Waals surface area contributed by atoms with Gasteiger partial charge in [0.15, 0.2) is 0 Å². The minimum atomic E-state index is 0.162. The average molecular weight is 361 g/mol. The Kier molecular flexibility index (Phi) is 4.72. The van der Waals surface area contributed by atoms with Gasteiger partial charge in [-0.1, -0.05) is 30.2 Å². The topological polar surface area (TPSA) is 40.6 Å². The highest BCUT2D eigenvalue weighted by atomic mass is 35.5. The van der Waals surface area contributed by atoms with Crippen molar-refractivity contribution in [3.63, 3.8) is 0 Å². The second-order valence-electron chi connectivity index (χ2n) is 7.82. The summed E-state index contributed by atoms with van der Waals surface area (Å²) in [5.74, 6) is 1.15. The zero-order valence-corrected chi connectivity index (χ0v) is 15.3. The zero-order chi connectivity index (χ0) is 17.4. The first-order valence-corrected chi connectivity index (χ1v) is 9.80. The number of hydrogen-bond acceptors (Lipinski definition) is 2. The average Bonchev–Trinajstić information content (AvgIpc) is 2.85. The second-order valence-corrected chi connectivity index (χ2v) is 8.26. The molecule has 2 amide bonds. The zero-order valence-electron chi connectivity index (χ0n) is 14.5. The number of fused-ring (bicyclic) bond motifs is 4. The monoisotopic (exact) mass is 360 g/mol. The minimum absolute atomic E-state index is 0.162. The first kappa shape index (κ1) is 16.9. The number of amides is 2. The Morgan fingerprint density at radius 3 is 2.64 bits per heavy atom. The highest BCUT2D eigenvalue weighted by Crippen LogP contribution is 2.33. The van der Waals surface area contributed by atoms with Gasteiger partial charge in [0.05, 0.1) is 6.42 Å². The number of piperidine rings is 1. The van der Waals surface area contributed by atoms with E-state index in [9.17, 15) is 9.59 Å². The summed E-state index contributed by atoms with van der Waals surface area (Å²) in [4.78, 5) is 29.6. The molecule has 1 aromatic carbocycles. The number of benzene rings is 1. The predicted octanol–water partition coefficient (Wildman–Crippen LogP) is 3.13. The molecular formula is C20H25ClN2O2. The summed E-state index contributed by atoms with van der Waals surface area (Å²) in [5.41, 5.74) is 0.958. The van der Waals surface area contributed by atoms with Crippen LogP contribution in [0.15, 0.2) is 24.3 Å². The Hall–Kier alpha value is -1.55. The van der Waals surface area contributed by atoms with Crippen LogP contribution in [0.25, 0.3) is 0 Å². The fourth-order valence-corrected chi connectivity index (χ4v) is 4.62. The van der Waals surface area contributed by atoms with Gasteiger partial charge in [-0.3, -0.25) is 9.59 Å². The van der Waals surface area contributed by atoms with Crippen LogP contribution in [-0.2, 0) is 16.0 Å². The van der Waals surface area contributed by atoms with Gasteiger partial charge in [0.25, 0.3) is 0 Å². The number of rotatable bonds is 3. The van der Waals surface area contributed by atoms with Crippen molar-refractivity contribution >= 4 is 23.4 Å². The number of hydrogen-bond donors (Lipinski definition) is 0. The van der Waals surface area contributed by atoms with Crippen LogP contribution in [0.5, 0.6) is 0 Å². The lowest BCUT2D eigenvalue weighted by atomic mass is 9.84. The van der Waals surface area contributed by atoms with E-state index in [1.807, 2.05) is 29.2 Å². The Bertz CT molecular complexity index is 673. The normalized spacial score (nSPS) is 26.3. The van der Waals surface area contributed by atoms with Gasteiger partial charge < -0.3 is 9.80 Å². The van der Waals surface area contributed by atoms with E-state index < -0.39 is 0 Å². The fraction of sp³-hybridized carbons (Fsp3) is 0.600. The molecule has 3 saturated heterocycles. The molecule has 0 N–H and O–H groups in total. The van der Waals surface area contributed by atoms with Crippen LogP contribution in [0.2, 0.25) is 5.02 Å². The number of carbonyl (C=O) groups is 2. The third kappa shape index (κ3) is 3.55. The van der Waals surface area contributed by atoms with Crippen LogP contribution < -0.4 is 0 Å².